The standard InChI is InChI=1S/C13H18BrNO2/c1-8-4-11(8)15-7-9-5-12(16-2)13(17-3)6-10(9)14/h5-6,8,11,15H,4,7H2,1-3H3. The van der Waals surface area contributed by atoms with Crippen LogP contribution in [-0.4, -0.2) is 20.3 Å². The quantitative estimate of drug-likeness (QED) is 0.907. The van der Waals surface area contributed by atoms with Gasteiger partial charge in [-0.25, -0.2) is 0 Å². The first-order chi connectivity index (χ1) is 8.15. The Morgan fingerprint density at radius 1 is 1.29 bits per heavy atom. The van der Waals surface area contributed by atoms with Gasteiger partial charge in [0.05, 0.1) is 14.2 Å². The first-order valence-electron chi connectivity index (χ1n) is 5.79. The van der Waals surface area contributed by atoms with Crippen LogP contribution in [0.3, 0.4) is 0 Å². The Morgan fingerprint density at radius 3 is 2.41 bits per heavy atom. The number of halogens is 1. The normalized spacial score (nSPS) is 22.4. The van der Waals surface area contributed by atoms with Gasteiger partial charge in [-0.1, -0.05) is 22.9 Å². The number of hydrogen-bond donors (Lipinski definition) is 1. The third kappa shape index (κ3) is 2.93. The van der Waals surface area contributed by atoms with Crippen molar-refractivity contribution in [3.63, 3.8) is 0 Å². The van der Waals surface area contributed by atoms with Gasteiger partial charge in [0.1, 0.15) is 0 Å². The zero-order valence-corrected chi connectivity index (χ0v) is 12.0. The number of rotatable bonds is 5. The summed E-state index contributed by atoms with van der Waals surface area (Å²) >= 11 is 3.56. The van der Waals surface area contributed by atoms with Crippen LogP contribution < -0.4 is 14.8 Å². The smallest absolute Gasteiger partial charge is 0.161 e. The average molecular weight is 300 g/mol. The maximum atomic E-state index is 5.30. The monoisotopic (exact) mass is 299 g/mol. The molecule has 0 heterocycles. The molecule has 1 saturated carbocycles. The molecule has 0 bridgehead atoms. The topological polar surface area (TPSA) is 30.5 Å². The van der Waals surface area contributed by atoms with Crippen molar-refractivity contribution in [3.05, 3.63) is 22.2 Å². The van der Waals surface area contributed by atoms with Crippen LogP contribution in [0.5, 0.6) is 11.5 Å². The summed E-state index contributed by atoms with van der Waals surface area (Å²) in [4.78, 5) is 0. The van der Waals surface area contributed by atoms with Crippen LogP contribution >= 0.6 is 15.9 Å². The maximum absolute atomic E-state index is 5.30. The van der Waals surface area contributed by atoms with Crippen molar-refractivity contribution in [3.8, 4) is 11.5 Å². The highest BCUT2D eigenvalue weighted by molar-refractivity contribution is 9.10. The second-order valence-corrected chi connectivity index (χ2v) is 5.35. The minimum atomic E-state index is 0.676. The Balaban J connectivity index is 2.10. The van der Waals surface area contributed by atoms with Crippen LogP contribution in [0.15, 0.2) is 16.6 Å². The van der Waals surface area contributed by atoms with E-state index in [2.05, 4.69) is 28.2 Å². The Morgan fingerprint density at radius 2 is 1.88 bits per heavy atom. The van der Waals surface area contributed by atoms with Gasteiger partial charge >= 0.3 is 0 Å². The van der Waals surface area contributed by atoms with E-state index in [4.69, 9.17) is 9.47 Å². The van der Waals surface area contributed by atoms with E-state index in [1.54, 1.807) is 14.2 Å². The van der Waals surface area contributed by atoms with Gasteiger partial charge in [-0.3, -0.25) is 0 Å². The second kappa shape index (κ2) is 5.27. The number of nitrogens with one attached hydrogen (secondary N) is 1. The number of ether oxygens (including phenoxy) is 2. The van der Waals surface area contributed by atoms with E-state index in [1.165, 1.54) is 12.0 Å². The molecule has 1 aliphatic rings. The van der Waals surface area contributed by atoms with Crippen molar-refractivity contribution in [2.45, 2.75) is 25.9 Å². The second-order valence-electron chi connectivity index (χ2n) is 4.50. The summed E-state index contributed by atoms with van der Waals surface area (Å²) in [5.74, 6) is 2.34. The molecule has 0 spiro atoms. The lowest BCUT2D eigenvalue weighted by Crippen LogP contribution is -2.17. The van der Waals surface area contributed by atoms with Crippen LogP contribution in [0.25, 0.3) is 0 Å². The molecular formula is C13H18BrNO2. The largest absolute Gasteiger partial charge is 0.493 e. The Bertz CT molecular complexity index is 409. The van der Waals surface area contributed by atoms with Gasteiger partial charge < -0.3 is 14.8 Å². The highest BCUT2D eigenvalue weighted by Crippen LogP contribution is 2.34. The Hall–Kier alpha value is -0.740. The van der Waals surface area contributed by atoms with E-state index in [1.807, 2.05) is 12.1 Å². The molecule has 2 unspecified atom stereocenters. The number of benzene rings is 1. The summed E-state index contributed by atoms with van der Waals surface area (Å²) in [5.41, 5.74) is 1.20. The van der Waals surface area contributed by atoms with Crippen LogP contribution in [-0.2, 0) is 6.54 Å². The van der Waals surface area contributed by atoms with E-state index in [9.17, 15) is 0 Å². The molecule has 0 radical (unpaired) electrons. The molecule has 0 saturated heterocycles. The molecule has 0 aliphatic heterocycles. The molecule has 1 N–H and O–H groups in total. The molecule has 2 atom stereocenters. The number of methoxy groups -OCH3 is 2. The van der Waals surface area contributed by atoms with Gasteiger partial charge in [-0.05, 0) is 30.0 Å². The predicted molar refractivity (Wildman–Crippen MR) is 71.7 cm³/mol. The molecule has 3 nitrogen and oxygen atoms in total. The molecule has 0 amide bonds. The van der Waals surface area contributed by atoms with Gasteiger partial charge in [0, 0.05) is 17.1 Å². The highest BCUT2D eigenvalue weighted by Gasteiger charge is 2.31. The first-order valence-corrected chi connectivity index (χ1v) is 6.58. The number of hydrogen-bond acceptors (Lipinski definition) is 3. The first kappa shape index (κ1) is 12.7. The molecule has 1 aromatic carbocycles. The van der Waals surface area contributed by atoms with Crippen molar-refractivity contribution in [2.24, 2.45) is 5.92 Å². The Kier molecular flexibility index (Phi) is 3.94. The van der Waals surface area contributed by atoms with E-state index >= 15 is 0 Å². The summed E-state index contributed by atoms with van der Waals surface area (Å²) < 4.78 is 11.6. The molecule has 94 valence electrons. The minimum absolute atomic E-state index is 0.676. The predicted octanol–water partition coefficient (Wildman–Crippen LogP) is 2.96. The van der Waals surface area contributed by atoms with Gasteiger partial charge in [0.25, 0.3) is 0 Å². The van der Waals surface area contributed by atoms with Crippen LogP contribution in [0, 0.1) is 5.92 Å². The van der Waals surface area contributed by atoms with Crippen LogP contribution in [0.1, 0.15) is 18.9 Å². The van der Waals surface area contributed by atoms with Gasteiger partial charge in [-0.2, -0.15) is 0 Å². The summed E-state index contributed by atoms with van der Waals surface area (Å²) in [6, 6.07) is 4.64. The van der Waals surface area contributed by atoms with Crippen molar-refractivity contribution >= 4 is 15.9 Å². The molecule has 1 fully saturated rings. The summed E-state index contributed by atoms with van der Waals surface area (Å²) in [7, 11) is 3.31. The SMILES string of the molecule is COc1cc(Br)c(CNC2CC2C)cc1OC. The average Bonchev–Trinajstić information content (AvgIpc) is 3.03. The molecular weight excluding hydrogens is 282 g/mol. The third-order valence-corrected chi connectivity index (χ3v) is 3.95. The fourth-order valence-electron chi connectivity index (χ4n) is 1.88. The third-order valence-electron chi connectivity index (χ3n) is 3.22. The van der Waals surface area contributed by atoms with E-state index in [-0.39, 0.29) is 0 Å². The zero-order valence-electron chi connectivity index (χ0n) is 10.4. The minimum Gasteiger partial charge on any atom is -0.493 e. The van der Waals surface area contributed by atoms with Crippen LogP contribution in [0.2, 0.25) is 0 Å². The van der Waals surface area contributed by atoms with Crippen molar-refractivity contribution in [2.75, 3.05) is 14.2 Å². The lowest BCUT2D eigenvalue weighted by Gasteiger charge is -2.12. The molecule has 0 aromatic heterocycles. The van der Waals surface area contributed by atoms with E-state index < -0.39 is 0 Å². The summed E-state index contributed by atoms with van der Waals surface area (Å²) in [6.45, 7) is 3.12. The lowest BCUT2D eigenvalue weighted by atomic mass is 10.2. The zero-order chi connectivity index (χ0) is 12.4. The van der Waals surface area contributed by atoms with Gasteiger partial charge in [0.2, 0.25) is 0 Å². The fraction of sp³-hybridized carbons (Fsp3) is 0.538. The van der Waals surface area contributed by atoms with Crippen molar-refractivity contribution in [1.29, 1.82) is 0 Å². The maximum Gasteiger partial charge on any atom is 0.161 e. The van der Waals surface area contributed by atoms with Crippen LogP contribution in [0.4, 0.5) is 0 Å². The molecule has 1 aliphatic carbocycles. The van der Waals surface area contributed by atoms with E-state index in [0.717, 1.165) is 28.4 Å². The summed E-state index contributed by atoms with van der Waals surface area (Å²) in [6.07, 6.45) is 1.28. The van der Waals surface area contributed by atoms with Gasteiger partial charge in [0.15, 0.2) is 11.5 Å². The Labute approximate surface area is 111 Å². The van der Waals surface area contributed by atoms with Gasteiger partial charge in [-0.15, -0.1) is 0 Å². The van der Waals surface area contributed by atoms with E-state index in [0.29, 0.717) is 6.04 Å². The van der Waals surface area contributed by atoms with Crippen molar-refractivity contribution in [1.82, 2.24) is 5.32 Å². The molecule has 4 heteroatoms. The van der Waals surface area contributed by atoms with Crippen molar-refractivity contribution < 1.29 is 9.47 Å². The lowest BCUT2D eigenvalue weighted by molar-refractivity contribution is 0.354. The fourth-order valence-corrected chi connectivity index (χ4v) is 2.34. The molecule has 1 aromatic rings. The summed E-state index contributed by atoms with van der Waals surface area (Å²) in [5, 5.41) is 3.53. The highest BCUT2D eigenvalue weighted by atomic mass is 79.9. The molecule has 2 rings (SSSR count). The molecule has 17 heavy (non-hydrogen) atoms.